The van der Waals surface area contributed by atoms with Crippen LogP contribution in [-0.2, 0) is 0 Å². The molecule has 4 nitrogen and oxygen atoms in total. The molecule has 1 aromatic carbocycles. The van der Waals surface area contributed by atoms with Crippen LogP contribution in [0.3, 0.4) is 0 Å². The minimum absolute atomic E-state index is 0.0631. The maximum absolute atomic E-state index is 11.2. The molecule has 0 bridgehead atoms. The summed E-state index contributed by atoms with van der Waals surface area (Å²) in [6.45, 7) is 5.04. The number of nitrogens with zero attached hydrogens (tertiary/aromatic N) is 1. The molecule has 0 aliphatic carbocycles. The highest BCUT2D eigenvalue weighted by Crippen LogP contribution is 2.26. The van der Waals surface area contributed by atoms with Gasteiger partial charge >= 0.3 is 5.97 Å². The third-order valence-electron chi connectivity index (χ3n) is 3.19. The number of fused-ring (bicyclic) bond motifs is 1. The van der Waals surface area contributed by atoms with E-state index in [1.54, 1.807) is 17.8 Å². The zero-order valence-corrected chi connectivity index (χ0v) is 12.6. The van der Waals surface area contributed by atoms with Gasteiger partial charge in [0.25, 0.3) is 0 Å². The summed E-state index contributed by atoms with van der Waals surface area (Å²) in [4.78, 5) is 15.3. The van der Waals surface area contributed by atoms with Crippen LogP contribution < -0.4 is 5.32 Å². The van der Waals surface area contributed by atoms with Crippen LogP contribution in [0.5, 0.6) is 0 Å². The van der Waals surface area contributed by atoms with Crippen LogP contribution in [0.1, 0.15) is 24.3 Å². The van der Waals surface area contributed by atoms with Gasteiger partial charge in [-0.3, -0.25) is 0 Å². The van der Waals surface area contributed by atoms with E-state index in [-0.39, 0.29) is 10.4 Å². The zero-order valence-electron chi connectivity index (χ0n) is 11.8. The van der Waals surface area contributed by atoms with E-state index >= 15 is 0 Å². The molecule has 1 aromatic heterocycles. The maximum atomic E-state index is 11.2. The highest BCUT2D eigenvalue weighted by Gasteiger charge is 2.17. The van der Waals surface area contributed by atoms with Crippen LogP contribution in [0.2, 0.25) is 0 Å². The number of para-hydroxylation sites is 1. The first-order valence-electron chi connectivity index (χ1n) is 6.35. The maximum Gasteiger partial charge on any atom is 0.354 e. The van der Waals surface area contributed by atoms with E-state index in [0.29, 0.717) is 5.52 Å². The highest BCUT2D eigenvalue weighted by atomic mass is 32.2. The number of hydrogen-bond acceptors (Lipinski definition) is 4. The topological polar surface area (TPSA) is 62.2 Å². The fraction of sp³-hybridized carbons (Fsp3) is 0.333. The van der Waals surface area contributed by atoms with Gasteiger partial charge in [0.15, 0.2) is 5.69 Å². The van der Waals surface area contributed by atoms with E-state index in [2.05, 4.69) is 30.4 Å². The molecule has 1 heterocycles. The molecule has 0 saturated heterocycles. The minimum Gasteiger partial charge on any atom is -0.477 e. The smallest absolute Gasteiger partial charge is 0.354 e. The number of pyridine rings is 1. The largest absolute Gasteiger partial charge is 0.477 e. The fourth-order valence-electron chi connectivity index (χ4n) is 1.81. The van der Waals surface area contributed by atoms with Crippen LogP contribution >= 0.6 is 11.8 Å². The summed E-state index contributed by atoms with van der Waals surface area (Å²) in [6.07, 6.45) is 2.06. The van der Waals surface area contributed by atoms with E-state index in [0.717, 1.165) is 17.6 Å². The second kappa shape index (κ2) is 5.71. The van der Waals surface area contributed by atoms with E-state index in [4.69, 9.17) is 5.11 Å². The van der Waals surface area contributed by atoms with Crippen molar-refractivity contribution in [3.63, 3.8) is 0 Å². The molecule has 20 heavy (non-hydrogen) atoms. The Balaban J connectivity index is 2.42. The number of benzene rings is 1. The van der Waals surface area contributed by atoms with Crippen molar-refractivity contribution in [3.05, 3.63) is 36.0 Å². The van der Waals surface area contributed by atoms with Gasteiger partial charge in [0.05, 0.1) is 5.52 Å². The quantitative estimate of drug-likeness (QED) is 0.882. The number of rotatable bonds is 5. The molecule has 2 N–H and O–H groups in total. The third-order valence-corrected chi connectivity index (χ3v) is 4.44. The zero-order chi connectivity index (χ0) is 14.8. The first-order valence-corrected chi connectivity index (χ1v) is 7.57. The van der Waals surface area contributed by atoms with Crippen LogP contribution in [0.4, 0.5) is 5.69 Å². The first kappa shape index (κ1) is 14.7. The van der Waals surface area contributed by atoms with Gasteiger partial charge in [-0.05, 0) is 32.2 Å². The molecule has 5 heteroatoms. The van der Waals surface area contributed by atoms with Gasteiger partial charge in [0.2, 0.25) is 0 Å². The minimum atomic E-state index is -1.01. The van der Waals surface area contributed by atoms with E-state index in [1.165, 1.54) is 0 Å². The van der Waals surface area contributed by atoms with Crippen LogP contribution in [0.25, 0.3) is 10.9 Å². The lowest BCUT2D eigenvalue weighted by molar-refractivity contribution is 0.0691. The van der Waals surface area contributed by atoms with Gasteiger partial charge < -0.3 is 10.4 Å². The van der Waals surface area contributed by atoms with Crippen LogP contribution in [0.15, 0.2) is 30.3 Å². The third kappa shape index (κ3) is 3.22. The van der Waals surface area contributed by atoms with Gasteiger partial charge in [-0.1, -0.05) is 18.2 Å². The molecule has 0 fully saturated rings. The van der Waals surface area contributed by atoms with Crippen molar-refractivity contribution in [2.75, 3.05) is 18.1 Å². The second-order valence-electron chi connectivity index (χ2n) is 5.19. The number of hydrogen-bond donors (Lipinski definition) is 2. The normalized spacial score (nSPS) is 11.6. The fourth-order valence-corrected chi connectivity index (χ4v) is 2.03. The molecule has 2 aromatic rings. The monoisotopic (exact) mass is 290 g/mol. The standard InChI is InChI=1S/C15H18N2O2S/c1-15(2,20-3)9-16-12-8-13(14(18)19)17-11-7-5-4-6-10(11)12/h4-8H,9H2,1-3H3,(H,16,17)(H,18,19). The van der Waals surface area contributed by atoms with Crippen molar-refractivity contribution in [2.24, 2.45) is 0 Å². The molecule has 0 aliphatic rings. The van der Waals surface area contributed by atoms with E-state index in [9.17, 15) is 4.79 Å². The Labute approximate surface area is 122 Å². The lowest BCUT2D eigenvalue weighted by Crippen LogP contribution is -2.26. The van der Waals surface area contributed by atoms with Crippen molar-refractivity contribution >= 4 is 34.3 Å². The van der Waals surface area contributed by atoms with Gasteiger partial charge in [0.1, 0.15) is 0 Å². The Morgan fingerprint density at radius 1 is 1.40 bits per heavy atom. The summed E-state index contributed by atoms with van der Waals surface area (Å²) in [5.74, 6) is -1.01. The molecule has 106 valence electrons. The summed E-state index contributed by atoms with van der Waals surface area (Å²) in [5.41, 5.74) is 1.57. The Bertz CT molecular complexity index is 641. The number of carboxylic acids is 1. The number of carbonyl (C=O) groups is 1. The summed E-state index contributed by atoms with van der Waals surface area (Å²) in [5, 5.41) is 13.4. The van der Waals surface area contributed by atoms with Gasteiger partial charge in [0, 0.05) is 22.4 Å². The molecular formula is C15H18N2O2S. The lowest BCUT2D eigenvalue weighted by Gasteiger charge is -2.23. The molecule has 0 radical (unpaired) electrons. The van der Waals surface area contributed by atoms with Gasteiger partial charge in [-0.25, -0.2) is 9.78 Å². The molecule has 0 aliphatic heterocycles. The number of thioether (sulfide) groups is 1. The van der Waals surface area contributed by atoms with Crippen molar-refractivity contribution in [2.45, 2.75) is 18.6 Å². The number of carboxylic acid groups (broad SMARTS) is 1. The second-order valence-corrected chi connectivity index (χ2v) is 6.71. The number of nitrogens with one attached hydrogen (secondary N) is 1. The molecule has 0 unspecified atom stereocenters. The lowest BCUT2D eigenvalue weighted by atomic mass is 10.1. The average Bonchev–Trinajstić information content (AvgIpc) is 2.44. The molecular weight excluding hydrogens is 272 g/mol. The SMILES string of the molecule is CSC(C)(C)CNc1cc(C(=O)O)nc2ccccc12. The first-order chi connectivity index (χ1) is 9.43. The van der Waals surface area contributed by atoms with Crippen LogP contribution in [-0.4, -0.2) is 33.6 Å². The average molecular weight is 290 g/mol. The Kier molecular flexibility index (Phi) is 4.18. The predicted molar refractivity (Wildman–Crippen MR) is 84.8 cm³/mol. The van der Waals surface area contributed by atoms with Crippen LogP contribution in [0, 0.1) is 0 Å². The Hall–Kier alpha value is -1.75. The van der Waals surface area contributed by atoms with Crippen molar-refractivity contribution in [1.29, 1.82) is 0 Å². The summed E-state index contributed by atoms with van der Waals surface area (Å²) in [7, 11) is 0. The highest BCUT2D eigenvalue weighted by molar-refractivity contribution is 7.99. The molecule has 0 spiro atoms. The van der Waals surface area contributed by atoms with E-state index in [1.807, 2.05) is 24.3 Å². The Morgan fingerprint density at radius 2 is 2.10 bits per heavy atom. The number of aromatic nitrogens is 1. The number of anilines is 1. The Morgan fingerprint density at radius 3 is 2.75 bits per heavy atom. The summed E-state index contributed by atoms with van der Waals surface area (Å²) in [6, 6.07) is 9.15. The molecule has 0 amide bonds. The molecule has 0 saturated carbocycles. The summed E-state index contributed by atoms with van der Waals surface area (Å²) < 4.78 is 0.0771. The molecule has 2 rings (SSSR count). The molecule has 0 atom stereocenters. The van der Waals surface area contributed by atoms with Crippen molar-refractivity contribution in [3.8, 4) is 0 Å². The number of aromatic carboxylic acids is 1. The van der Waals surface area contributed by atoms with Crippen molar-refractivity contribution < 1.29 is 9.90 Å². The van der Waals surface area contributed by atoms with Gasteiger partial charge in [-0.15, -0.1) is 0 Å². The summed E-state index contributed by atoms with van der Waals surface area (Å²) >= 11 is 1.77. The van der Waals surface area contributed by atoms with Crippen molar-refractivity contribution in [1.82, 2.24) is 4.98 Å². The van der Waals surface area contributed by atoms with E-state index < -0.39 is 5.97 Å². The van der Waals surface area contributed by atoms with Gasteiger partial charge in [-0.2, -0.15) is 11.8 Å². The predicted octanol–water partition coefficient (Wildman–Crippen LogP) is 3.49.